The van der Waals surface area contributed by atoms with Crippen LogP contribution in [0.1, 0.15) is 19.8 Å². The lowest BCUT2D eigenvalue weighted by Crippen LogP contribution is -2.41. The minimum absolute atomic E-state index is 0.0532. The number of hydrogen-bond donors (Lipinski definition) is 3. The molecule has 39 heavy (non-hydrogen) atoms. The third-order valence-corrected chi connectivity index (χ3v) is 8.79. The molecule has 0 saturated carbocycles. The van der Waals surface area contributed by atoms with Crippen molar-refractivity contribution < 1.29 is 19.2 Å². The van der Waals surface area contributed by atoms with Gasteiger partial charge in [0.2, 0.25) is 23.6 Å². The van der Waals surface area contributed by atoms with Gasteiger partial charge in [-0.1, -0.05) is 56.8 Å². The highest BCUT2D eigenvalue weighted by Gasteiger charge is 2.45. The van der Waals surface area contributed by atoms with Crippen molar-refractivity contribution in [3.8, 4) is 0 Å². The summed E-state index contributed by atoms with van der Waals surface area (Å²) in [5.74, 6) is -2.30. The van der Waals surface area contributed by atoms with Gasteiger partial charge in [0, 0.05) is 30.9 Å². The third-order valence-electron chi connectivity index (χ3n) is 6.99. The Bertz CT molecular complexity index is 1270. The molecule has 3 atom stereocenters. The lowest BCUT2D eigenvalue weighted by atomic mass is 9.87. The Labute approximate surface area is 243 Å². The second kappa shape index (κ2) is 13.2. The summed E-state index contributed by atoms with van der Waals surface area (Å²) in [5, 5.41) is 9.24. The maximum Gasteiger partial charge on any atom is 0.241 e. The van der Waals surface area contributed by atoms with Crippen LogP contribution in [-0.4, -0.2) is 62.6 Å². The van der Waals surface area contributed by atoms with Crippen LogP contribution in [-0.2, 0) is 19.2 Å². The van der Waals surface area contributed by atoms with Crippen molar-refractivity contribution >= 4 is 75.7 Å². The van der Waals surface area contributed by atoms with Crippen molar-refractivity contribution in [3.63, 3.8) is 0 Å². The van der Waals surface area contributed by atoms with Gasteiger partial charge in [-0.15, -0.1) is 0 Å². The summed E-state index contributed by atoms with van der Waals surface area (Å²) in [6.45, 7) is 2.44. The number of nitrogens with one attached hydrogen (secondary N) is 3. The Kier molecular flexibility index (Phi) is 9.93. The van der Waals surface area contributed by atoms with Crippen molar-refractivity contribution in [2.75, 3.05) is 36.8 Å². The topological polar surface area (TPSA) is 111 Å². The zero-order chi connectivity index (χ0) is 28.1. The van der Waals surface area contributed by atoms with Crippen LogP contribution in [0.4, 0.5) is 17.1 Å². The number of benzene rings is 2. The molecular weight excluding hydrogens is 627 g/mol. The first-order chi connectivity index (χ1) is 18.7. The first-order valence-corrected chi connectivity index (χ1v) is 17.5. The van der Waals surface area contributed by atoms with E-state index in [1.165, 1.54) is 9.80 Å². The maximum absolute atomic E-state index is 13.7. The fraction of sp³-hybridized carbons (Fsp3) is 0.333. The molecule has 0 aliphatic carbocycles. The van der Waals surface area contributed by atoms with Gasteiger partial charge in [0.15, 0.2) is 0 Å². The number of para-hydroxylation sites is 1. The third kappa shape index (κ3) is 6.77. The molecule has 2 aliphatic heterocycles. The number of carbonyl (C=O) groups excluding carboxylic acids is 4. The molecule has 4 amide bonds. The van der Waals surface area contributed by atoms with Gasteiger partial charge in [-0.2, -0.15) is 0 Å². The van der Waals surface area contributed by atoms with Crippen molar-refractivity contribution in [2.24, 2.45) is 11.8 Å². The lowest BCUT2D eigenvalue weighted by molar-refractivity contribution is -0.139. The average molecular weight is 659 g/mol. The number of amides is 4. The van der Waals surface area contributed by atoms with Gasteiger partial charge in [-0.3, -0.25) is 34.3 Å². The number of hydrogen-bond acceptors (Lipinski definition) is 7. The largest absolute Gasteiger partial charge is 0.356 e. The number of carbonyl (C=O) groups is 4. The summed E-state index contributed by atoms with van der Waals surface area (Å²) >= 11 is 2.35. The van der Waals surface area contributed by atoms with E-state index in [-0.39, 0.29) is 43.1 Å². The Morgan fingerprint density at radius 2 is 1.59 bits per heavy atom. The summed E-state index contributed by atoms with van der Waals surface area (Å²) in [6, 6.07) is 16.9. The molecule has 3 unspecified atom stereocenters. The summed E-state index contributed by atoms with van der Waals surface area (Å²) in [7, 11) is 3.87. The Hall–Kier alpha value is -2.60. The predicted octanol–water partition coefficient (Wildman–Crippen LogP) is 3.11. The van der Waals surface area contributed by atoms with Crippen LogP contribution in [0.15, 0.2) is 65.7 Å². The molecule has 2 aromatic carbocycles. The first kappa shape index (κ1) is 29.4. The van der Waals surface area contributed by atoms with Crippen LogP contribution >= 0.6 is 27.5 Å². The lowest BCUT2D eigenvalue weighted by Gasteiger charge is -2.22. The van der Waals surface area contributed by atoms with Crippen molar-refractivity contribution in [1.29, 1.82) is 0 Å². The van der Waals surface area contributed by atoms with Crippen molar-refractivity contribution in [1.82, 2.24) is 15.5 Å². The zero-order valence-corrected chi connectivity index (χ0v) is 25.3. The minimum atomic E-state index is -0.640. The first-order valence-electron chi connectivity index (χ1n) is 12.8. The SMILES string of the molecule is BP(I)C/C(=C(\C)C1CC(=O)N(CNCNC)C1=O)C1CC(=O)N(c2ccc(Nc3ccccc3)cc2)C1=O. The molecule has 0 bridgehead atoms. The number of halogens is 1. The number of nitrogens with zero attached hydrogens (tertiary/aromatic N) is 2. The molecular formula is C27H32BIN5O4P. The Balaban J connectivity index is 1.56. The van der Waals surface area contributed by atoms with Crippen LogP contribution in [0.3, 0.4) is 0 Å². The summed E-state index contributed by atoms with van der Waals surface area (Å²) in [4.78, 5) is 55.2. The summed E-state index contributed by atoms with van der Waals surface area (Å²) in [5.41, 5.74) is 3.37. The van der Waals surface area contributed by atoms with E-state index in [2.05, 4.69) is 45.6 Å². The van der Waals surface area contributed by atoms with E-state index in [0.717, 1.165) is 22.5 Å². The van der Waals surface area contributed by atoms with E-state index in [1.807, 2.05) is 49.4 Å². The number of anilines is 3. The van der Waals surface area contributed by atoms with Gasteiger partial charge in [-0.05, 0) is 56.5 Å². The van der Waals surface area contributed by atoms with Gasteiger partial charge in [-0.25, -0.2) is 0 Å². The van der Waals surface area contributed by atoms with E-state index in [4.69, 9.17) is 0 Å². The van der Waals surface area contributed by atoms with E-state index >= 15 is 0 Å². The molecule has 0 aromatic heterocycles. The van der Waals surface area contributed by atoms with Crippen LogP contribution < -0.4 is 20.9 Å². The van der Waals surface area contributed by atoms with Crippen LogP contribution in [0.25, 0.3) is 0 Å². The van der Waals surface area contributed by atoms with Crippen LogP contribution in [0.5, 0.6) is 0 Å². The molecule has 2 saturated heterocycles. The molecule has 3 N–H and O–H groups in total. The number of likely N-dealkylation sites (tertiary alicyclic amines) is 1. The Morgan fingerprint density at radius 3 is 2.23 bits per heavy atom. The molecule has 2 heterocycles. The van der Waals surface area contributed by atoms with E-state index in [9.17, 15) is 19.2 Å². The fourth-order valence-electron chi connectivity index (χ4n) is 5.01. The van der Waals surface area contributed by atoms with Gasteiger partial charge in [0.25, 0.3) is 0 Å². The molecule has 0 radical (unpaired) electrons. The molecule has 9 nitrogen and oxygen atoms in total. The Morgan fingerprint density at radius 1 is 0.949 bits per heavy atom. The minimum Gasteiger partial charge on any atom is -0.356 e. The molecule has 2 fully saturated rings. The van der Waals surface area contributed by atoms with Crippen molar-refractivity contribution in [2.45, 2.75) is 19.8 Å². The number of rotatable bonds is 11. The molecule has 0 spiro atoms. The predicted molar refractivity (Wildman–Crippen MR) is 166 cm³/mol. The number of imide groups is 2. The van der Waals surface area contributed by atoms with Gasteiger partial charge in [0.05, 0.1) is 24.2 Å². The average Bonchev–Trinajstić information content (AvgIpc) is 3.37. The quantitative estimate of drug-likeness (QED) is 0.0648. The molecule has 12 heteroatoms. The molecule has 2 aliphatic rings. The van der Waals surface area contributed by atoms with E-state index in [0.29, 0.717) is 18.5 Å². The second-order valence-corrected chi connectivity index (χ2v) is 16.2. The summed E-state index contributed by atoms with van der Waals surface area (Å²) in [6.07, 6.45) is 0.750. The fourth-order valence-corrected chi connectivity index (χ4v) is 7.05. The highest BCUT2D eigenvalue weighted by Crippen LogP contribution is 2.46. The molecule has 4 rings (SSSR count). The van der Waals surface area contributed by atoms with Gasteiger partial charge >= 0.3 is 0 Å². The smallest absolute Gasteiger partial charge is 0.241 e. The summed E-state index contributed by atoms with van der Waals surface area (Å²) < 4.78 is 0. The van der Waals surface area contributed by atoms with E-state index in [1.54, 1.807) is 19.2 Å². The van der Waals surface area contributed by atoms with Gasteiger partial charge < -0.3 is 10.6 Å². The highest BCUT2D eigenvalue weighted by atomic mass is 127. The van der Waals surface area contributed by atoms with Gasteiger partial charge in [0.1, 0.15) is 7.57 Å². The second-order valence-electron chi connectivity index (χ2n) is 9.69. The van der Waals surface area contributed by atoms with E-state index < -0.39 is 17.3 Å². The zero-order valence-electron chi connectivity index (χ0n) is 22.2. The van der Waals surface area contributed by atoms with Crippen LogP contribution in [0.2, 0.25) is 0 Å². The normalized spacial score (nSPS) is 21.0. The highest BCUT2D eigenvalue weighted by molar-refractivity contribution is 14.2. The van der Waals surface area contributed by atoms with Crippen molar-refractivity contribution in [3.05, 3.63) is 65.7 Å². The molecule has 204 valence electrons. The van der Waals surface area contributed by atoms with Crippen LogP contribution in [0, 0.1) is 11.8 Å². The standard InChI is InChI=1S/C27H32BIN5O4P/c1-17(21-12-24(35)33(26(21)37)16-31-15-30-2)23(14-39(28)29)22-13-25(36)34(27(22)38)20-10-8-19(9-11-20)32-18-6-4-3-5-7-18/h3-11,21-22,30-32H,12-16,28H2,1-2H3/b23-17-. The maximum atomic E-state index is 13.7. The molecule has 2 aromatic rings. The monoisotopic (exact) mass is 659 g/mol.